The first kappa shape index (κ1) is 19.1. The van der Waals surface area contributed by atoms with Crippen LogP contribution in [0.4, 0.5) is 11.4 Å². The molecule has 3 N–H and O–H groups in total. The third-order valence-electron chi connectivity index (χ3n) is 4.41. The van der Waals surface area contributed by atoms with Crippen LogP contribution in [-0.2, 0) is 0 Å². The molecule has 0 amide bonds. The molecule has 0 fully saturated rings. The van der Waals surface area contributed by atoms with Crippen molar-refractivity contribution in [2.75, 3.05) is 10.4 Å². The number of thioether (sulfide) groups is 2. The van der Waals surface area contributed by atoms with E-state index in [9.17, 15) is 10.5 Å². The molecule has 2 aromatic carbocycles. The highest BCUT2D eigenvalue weighted by Crippen LogP contribution is 2.43. The van der Waals surface area contributed by atoms with Gasteiger partial charge in [0.15, 0.2) is 0 Å². The molecule has 8 heteroatoms. The topological polar surface area (TPSA) is 86.9 Å². The number of nitrogens with zero attached hydrogens (tertiary/aromatic N) is 3. The number of allylic oxidation sites excluding steroid dienone is 2. The molecule has 0 unspecified atom stereocenters. The Hall–Kier alpha value is -3.20. The zero-order chi connectivity index (χ0) is 20.4. The number of nitrogens with one attached hydrogen (secondary N) is 3. The van der Waals surface area contributed by atoms with Gasteiger partial charge >= 0.3 is 0 Å². The van der Waals surface area contributed by atoms with E-state index in [1.54, 1.807) is 0 Å². The molecule has 0 bridgehead atoms. The summed E-state index contributed by atoms with van der Waals surface area (Å²) >= 11 is 2.90. The van der Waals surface area contributed by atoms with Gasteiger partial charge in [-0.2, -0.15) is 10.5 Å². The van der Waals surface area contributed by atoms with Gasteiger partial charge in [0.1, 0.15) is 33.3 Å². The van der Waals surface area contributed by atoms with Gasteiger partial charge in [0, 0.05) is 15.8 Å². The molecule has 29 heavy (non-hydrogen) atoms. The maximum absolute atomic E-state index is 9.96. The number of nitriles is 2. The van der Waals surface area contributed by atoms with Crippen molar-refractivity contribution < 1.29 is 0 Å². The molecule has 2 heterocycles. The smallest absolute Gasteiger partial charge is 0.111 e. The van der Waals surface area contributed by atoms with E-state index < -0.39 is 0 Å². The van der Waals surface area contributed by atoms with Crippen LogP contribution in [0.25, 0.3) is 0 Å². The standard InChI is InChI=1S/C21H18N6S2/c1-13(2)27-17-8-4-6-10-19(17)29-21(26-27)15(12-23)14(11-22)20-25-24-16-7-3-5-9-18(16)28-20/h3-10,13,24-26H,1-2H3/b20-14+,21-15+. The summed E-state index contributed by atoms with van der Waals surface area (Å²) in [4.78, 5) is 2.03. The molecular formula is C21H18N6S2. The molecule has 0 saturated heterocycles. The summed E-state index contributed by atoms with van der Waals surface area (Å²) in [5, 5.41) is 23.1. The van der Waals surface area contributed by atoms with E-state index in [4.69, 9.17) is 0 Å². The molecular weight excluding hydrogens is 400 g/mol. The molecule has 144 valence electrons. The summed E-state index contributed by atoms with van der Waals surface area (Å²) in [6.07, 6.45) is 0. The van der Waals surface area contributed by atoms with Crippen molar-refractivity contribution in [1.82, 2.24) is 10.9 Å². The molecule has 2 aromatic rings. The number of benzene rings is 2. The van der Waals surface area contributed by atoms with Crippen LogP contribution in [0.2, 0.25) is 0 Å². The van der Waals surface area contributed by atoms with Crippen LogP contribution in [-0.4, -0.2) is 6.04 Å². The zero-order valence-electron chi connectivity index (χ0n) is 15.9. The summed E-state index contributed by atoms with van der Waals surface area (Å²) < 4.78 is 0. The number of hydrazine groups is 2. The Morgan fingerprint density at radius 1 is 0.862 bits per heavy atom. The average molecular weight is 419 g/mol. The summed E-state index contributed by atoms with van der Waals surface area (Å²) in [5.74, 6) is 0. The predicted molar refractivity (Wildman–Crippen MR) is 117 cm³/mol. The van der Waals surface area contributed by atoms with E-state index in [-0.39, 0.29) is 6.04 Å². The van der Waals surface area contributed by atoms with Crippen molar-refractivity contribution in [3.63, 3.8) is 0 Å². The molecule has 6 nitrogen and oxygen atoms in total. The Labute approximate surface area is 178 Å². The summed E-state index contributed by atoms with van der Waals surface area (Å²) in [7, 11) is 0. The largest absolute Gasteiger partial charge is 0.299 e. The first-order valence-electron chi connectivity index (χ1n) is 9.03. The minimum atomic E-state index is 0.168. The minimum Gasteiger partial charge on any atom is -0.299 e. The fourth-order valence-corrected chi connectivity index (χ4v) is 5.01. The number of fused-ring (bicyclic) bond motifs is 2. The van der Waals surface area contributed by atoms with Gasteiger partial charge in [-0.05, 0) is 38.1 Å². The van der Waals surface area contributed by atoms with E-state index in [1.165, 1.54) is 23.5 Å². The van der Waals surface area contributed by atoms with Crippen LogP contribution in [0.15, 0.2) is 79.5 Å². The number of rotatable bonds is 2. The van der Waals surface area contributed by atoms with Crippen molar-refractivity contribution in [3.05, 3.63) is 69.7 Å². The van der Waals surface area contributed by atoms with E-state index in [0.717, 1.165) is 21.2 Å². The minimum absolute atomic E-state index is 0.168. The van der Waals surface area contributed by atoms with Crippen molar-refractivity contribution in [2.45, 2.75) is 29.7 Å². The summed E-state index contributed by atoms with van der Waals surface area (Å²) in [6, 6.07) is 20.5. The Balaban J connectivity index is 1.79. The highest BCUT2D eigenvalue weighted by atomic mass is 32.2. The van der Waals surface area contributed by atoms with E-state index in [1.807, 2.05) is 53.5 Å². The lowest BCUT2D eigenvalue weighted by Gasteiger charge is -2.36. The second-order valence-electron chi connectivity index (χ2n) is 6.63. The lowest BCUT2D eigenvalue weighted by atomic mass is 10.1. The second-order valence-corrected chi connectivity index (χ2v) is 8.73. The van der Waals surface area contributed by atoms with Crippen LogP contribution < -0.4 is 21.3 Å². The third kappa shape index (κ3) is 3.61. The van der Waals surface area contributed by atoms with Crippen molar-refractivity contribution >= 4 is 34.9 Å². The Kier molecular flexibility index (Phi) is 5.30. The monoisotopic (exact) mass is 418 g/mol. The van der Waals surface area contributed by atoms with Gasteiger partial charge in [-0.25, -0.2) is 0 Å². The molecule has 0 radical (unpaired) electrons. The number of para-hydroxylation sites is 2. The average Bonchev–Trinajstić information content (AvgIpc) is 2.76. The fraction of sp³-hybridized carbons (Fsp3) is 0.143. The highest BCUT2D eigenvalue weighted by Gasteiger charge is 2.27. The van der Waals surface area contributed by atoms with Crippen LogP contribution in [0.1, 0.15) is 13.8 Å². The van der Waals surface area contributed by atoms with Gasteiger partial charge in [-0.15, -0.1) is 0 Å². The second kappa shape index (κ2) is 8.04. The van der Waals surface area contributed by atoms with Crippen LogP contribution in [0.5, 0.6) is 0 Å². The SMILES string of the molecule is CC(C)N1N/C(=C(C#N)\C(C#N)=C2/NNc3ccccc3S2)Sc2ccccc21. The fourth-order valence-electron chi connectivity index (χ4n) is 3.03. The molecule has 0 aliphatic carbocycles. The van der Waals surface area contributed by atoms with E-state index in [2.05, 4.69) is 42.3 Å². The molecule has 0 atom stereocenters. The first-order chi connectivity index (χ1) is 14.1. The Morgan fingerprint density at radius 3 is 2.21 bits per heavy atom. The lowest BCUT2D eigenvalue weighted by Crippen LogP contribution is -2.44. The van der Waals surface area contributed by atoms with Crippen LogP contribution in [0, 0.1) is 22.7 Å². The van der Waals surface area contributed by atoms with Crippen molar-refractivity contribution in [2.24, 2.45) is 0 Å². The molecule has 2 aliphatic rings. The zero-order valence-corrected chi connectivity index (χ0v) is 17.5. The summed E-state index contributed by atoms with van der Waals surface area (Å²) in [6.45, 7) is 4.15. The summed E-state index contributed by atoms with van der Waals surface area (Å²) in [5.41, 5.74) is 12.1. The maximum atomic E-state index is 9.96. The van der Waals surface area contributed by atoms with E-state index >= 15 is 0 Å². The Bertz CT molecular complexity index is 1110. The predicted octanol–water partition coefficient (Wildman–Crippen LogP) is 4.70. The molecule has 0 saturated carbocycles. The lowest BCUT2D eigenvalue weighted by molar-refractivity contribution is 0.620. The normalized spacial score (nSPS) is 18.2. The maximum Gasteiger partial charge on any atom is 0.111 e. The molecule has 2 aliphatic heterocycles. The van der Waals surface area contributed by atoms with Gasteiger partial charge in [0.25, 0.3) is 0 Å². The van der Waals surface area contributed by atoms with Crippen LogP contribution in [0.3, 0.4) is 0 Å². The molecule has 0 spiro atoms. The van der Waals surface area contributed by atoms with E-state index in [0.29, 0.717) is 21.2 Å². The van der Waals surface area contributed by atoms with Crippen LogP contribution >= 0.6 is 23.5 Å². The van der Waals surface area contributed by atoms with Gasteiger partial charge in [-0.3, -0.25) is 21.3 Å². The number of anilines is 2. The van der Waals surface area contributed by atoms with Crippen molar-refractivity contribution in [1.29, 1.82) is 10.5 Å². The number of hydrogen-bond donors (Lipinski definition) is 3. The highest BCUT2D eigenvalue weighted by molar-refractivity contribution is 8.03. The van der Waals surface area contributed by atoms with Gasteiger partial charge in [-0.1, -0.05) is 47.8 Å². The van der Waals surface area contributed by atoms with Gasteiger partial charge in [0.05, 0.1) is 11.4 Å². The first-order valence-corrected chi connectivity index (χ1v) is 10.7. The third-order valence-corrected chi connectivity index (χ3v) is 6.56. The molecule has 4 rings (SSSR count). The van der Waals surface area contributed by atoms with Gasteiger partial charge in [0.2, 0.25) is 0 Å². The quantitative estimate of drug-likeness (QED) is 0.605. The van der Waals surface area contributed by atoms with Gasteiger partial charge < -0.3 is 0 Å². The van der Waals surface area contributed by atoms with Crippen molar-refractivity contribution in [3.8, 4) is 12.1 Å². The molecule has 0 aromatic heterocycles. The Morgan fingerprint density at radius 2 is 1.48 bits per heavy atom. The number of hydrogen-bond acceptors (Lipinski definition) is 8.